The molecule has 0 saturated heterocycles. The molecule has 64 valence electrons. The lowest BCUT2D eigenvalue weighted by atomic mass is 9.93. The van der Waals surface area contributed by atoms with Gasteiger partial charge in [-0.3, -0.25) is 0 Å². The molecule has 0 atom stereocenters. The van der Waals surface area contributed by atoms with E-state index in [1.54, 1.807) is 0 Å². The van der Waals surface area contributed by atoms with Gasteiger partial charge in [0.15, 0.2) is 0 Å². The van der Waals surface area contributed by atoms with Crippen LogP contribution >= 0.6 is 0 Å². The molecular weight excluding hydrogens is 144 g/mol. The van der Waals surface area contributed by atoms with Crippen LogP contribution in [-0.2, 0) is 0 Å². The summed E-state index contributed by atoms with van der Waals surface area (Å²) in [7, 11) is 0. The van der Waals surface area contributed by atoms with Crippen molar-refractivity contribution in [2.75, 3.05) is 0 Å². The van der Waals surface area contributed by atoms with Gasteiger partial charge in [0.2, 0.25) is 0 Å². The molecule has 4 heteroatoms. The first-order valence-corrected chi connectivity index (χ1v) is 3.15. The van der Waals surface area contributed by atoms with Gasteiger partial charge in [-0.1, -0.05) is 20.8 Å². The molecule has 0 unspecified atom stereocenters. The molecule has 4 nitrogen and oxygen atoms in total. The van der Waals surface area contributed by atoms with Gasteiger partial charge in [0.25, 0.3) is 0 Å². The van der Waals surface area contributed by atoms with Crippen molar-refractivity contribution in [1.82, 2.24) is 0 Å². The Bertz CT molecular complexity index is 149. The summed E-state index contributed by atoms with van der Waals surface area (Å²) in [6, 6.07) is 2.11. The number of nitrogens with two attached hydrogens (primary N) is 1. The van der Waals surface area contributed by atoms with Gasteiger partial charge in [0.1, 0.15) is 0 Å². The molecule has 0 saturated carbocycles. The molecule has 0 rings (SSSR count). The number of rotatable bonds is 0. The normalized spacial score (nSPS) is 8.91. The monoisotopic (exact) mass is 158 g/mol. The van der Waals surface area contributed by atoms with Gasteiger partial charge in [-0.05, 0) is 5.41 Å². The second kappa shape index (κ2) is 5.54. The molecule has 0 aliphatic carbocycles. The van der Waals surface area contributed by atoms with E-state index in [2.05, 4.69) is 32.6 Å². The average Bonchev–Trinajstić information content (AvgIpc) is 1.58. The van der Waals surface area contributed by atoms with Gasteiger partial charge < -0.3 is 10.8 Å². The van der Waals surface area contributed by atoms with Gasteiger partial charge in [-0.25, -0.2) is 4.79 Å². The third kappa shape index (κ3) is 52.6. The molecule has 0 spiro atoms. The van der Waals surface area contributed by atoms with Gasteiger partial charge >= 0.3 is 6.09 Å². The van der Waals surface area contributed by atoms with Crippen molar-refractivity contribution < 1.29 is 9.90 Å². The molecule has 0 aromatic rings. The van der Waals surface area contributed by atoms with Gasteiger partial charge in [0.05, 0.1) is 6.07 Å². The molecule has 0 aromatic carbocycles. The van der Waals surface area contributed by atoms with Crippen molar-refractivity contribution in [2.45, 2.75) is 27.2 Å². The second-order valence-electron chi connectivity index (χ2n) is 3.23. The summed E-state index contributed by atoms with van der Waals surface area (Å²) < 4.78 is 0. The SMILES string of the molecule is CC(C)(C)CC#N.NC(=O)O. The van der Waals surface area contributed by atoms with Gasteiger partial charge in [-0.15, -0.1) is 0 Å². The lowest BCUT2D eigenvalue weighted by Crippen LogP contribution is -2.03. The maximum atomic E-state index is 8.78. The first-order chi connectivity index (χ1) is 4.79. The van der Waals surface area contributed by atoms with Crippen molar-refractivity contribution in [3.63, 3.8) is 0 Å². The van der Waals surface area contributed by atoms with Crippen molar-refractivity contribution >= 4 is 6.09 Å². The summed E-state index contributed by atoms with van der Waals surface area (Å²) in [6.07, 6.45) is -0.687. The van der Waals surface area contributed by atoms with E-state index in [9.17, 15) is 0 Å². The average molecular weight is 158 g/mol. The summed E-state index contributed by atoms with van der Waals surface area (Å²) in [4.78, 5) is 8.78. The Hall–Kier alpha value is -1.24. The van der Waals surface area contributed by atoms with Crippen LogP contribution < -0.4 is 5.73 Å². The molecule has 3 N–H and O–H groups in total. The number of hydrogen-bond acceptors (Lipinski definition) is 2. The lowest BCUT2D eigenvalue weighted by molar-refractivity contribution is 0.205. The van der Waals surface area contributed by atoms with Crippen molar-refractivity contribution in [2.24, 2.45) is 11.1 Å². The number of carboxylic acid groups (broad SMARTS) is 1. The summed E-state index contributed by atoms with van der Waals surface area (Å²) in [5, 5.41) is 15.3. The van der Waals surface area contributed by atoms with Crippen molar-refractivity contribution in [3.8, 4) is 6.07 Å². The summed E-state index contributed by atoms with van der Waals surface area (Å²) in [5.74, 6) is 0. The Morgan fingerprint density at radius 2 is 1.91 bits per heavy atom. The fourth-order valence-electron chi connectivity index (χ4n) is 0.237. The van der Waals surface area contributed by atoms with Crippen LogP contribution in [0.4, 0.5) is 4.79 Å². The molecule has 0 aliphatic heterocycles. The van der Waals surface area contributed by atoms with Crippen LogP contribution in [0.25, 0.3) is 0 Å². The number of hydrogen-bond donors (Lipinski definition) is 2. The van der Waals surface area contributed by atoms with E-state index in [1.165, 1.54) is 0 Å². The van der Waals surface area contributed by atoms with Crippen LogP contribution in [-0.4, -0.2) is 11.2 Å². The summed E-state index contributed by atoms with van der Waals surface area (Å²) in [5.41, 5.74) is 4.22. The molecular formula is C7H14N2O2. The Morgan fingerprint density at radius 1 is 1.64 bits per heavy atom. The number of nitrogens with zero attached hydrogens (tertiary/aromatic N) is 1. The molecule has 0 bridgehead atoms. The van der Waals surface area contributed by atoms with E-state index >= 15 is 0 Å². The third-order valence-corrected chi connectivity index (χ3v) is 0.609. The molecule has 0 radical (unpaired) electrons. The van der Waals surface area contributed by atoms with Crippen LogP contribution in [0, 0.1) is 16.7 Å². The van der Waals surface area contributed by atoms with Gasteiger partial charge in [-0.2, -0.15) is 5.26 Å². The molecule has 0 heterocycles. The van der Waals surface area contributed by atoms with Crippen LogP contribution in [0.1, 0.15) is 27.2 Å². The number of primary amides is 1. The van der Waals surface area contributed by atoms with Crippen LogP contribution in [0.3, 0.4) is 0 Å². The standard InChI is InChI=1S/C6H11N.CH3NO2/c1-6(2,3)4-5-7;2-1(3)4/h4H2,1-3H3;2H2,(H,3,4). The van der Waals surface area contributed by atoms with E-state index in [-0.39, 0.29) is 5.41 Å². The molecule has 0 fully saturated rings. The number of amides is 1. The fraction of sp³-hybridized carbons (Fsp3) is 0.714. The van der Waals surface area contributed by atoms with Crippen molar-refractivity contribution in [3.05, 3.63) is 0 Å². The van der Waals surface area contributed by atoms with E-state index < -0.39 is 6.09 Å². The smallest absolute Gasteiger partial charge is 0.402 e. The largest absolute Gasteiger partial charge is 0.465 e. The minimum Gasteiger partial charge on any atom is -0.465 e. The van der Waals surface area contributed by atoms with E-state index in [0.29, 0.717) is 6.42 Å². The summed E-state index contributed by atoms with van der Waals surface area (Å²) >= 11 is 0. The maximum absolute atomic E-state index is 8.78. The minimum absolute atomic E-state index is 0.189. The molecule has 11 heavy (non-hydrogen) atoms. The van der Waals surface area contributed by atoms with Gasteiger partial charge in [0, 0.05) is 6.42 Å². The second-order valence-corrected chi connectivity index (χ2v) is 3.23. The highest BCUT2D eigenvalue weighted by molar-refractivity contribution is 5.61. The maximum Gasteiger partial charge on any atom is 0.402 e. The highest BCUT2D eigenvalue weighted by atomic mass is 16.4. The zero-order valence-corrected chi connectivity index (χ0v) is 7.09. The fourth-order valence-corrected chi connectivity index (χ4v) is 0.237. The highest BCUT2D eigenvalue weighted by Gasteiger charge is 2.07. The summed E-state index contributed by atoms with van der Waals surface area (Å²) in [6.45, 7) is 6.16. The topological polar surface area (TPSA) is 87.1 Å². The highest BCUT2D eigenvalue weighted by Crippen LogP contribution is 2.16. The quantitative estimate of drug-likeness (QED) is 0.560. The first kappa shape index (κ1) is 12.4. The van der Waals surface area contributed by atoms with E-state index in [1.807, 2.05) is 0 Å². The number of carbonyl (C=O) groups is 1. The zero-order valence-electron chi connectivity index (χ0n) is 7.09. The van der Waals surface area contributed by atoms with Crippen LogP contribution in [0.5, 0.6) is 0 Å². The number of nitriles is 1. The predicted octanol–water partition coefficient (Wildman–Crippen LogP) is 1.57. The van der Waals surface area contributed by atoms with Crippen LogP contribution in [0.15, 0.2) is 0 Å². The van der Waals surface area contributed by atoms with Crippen molar-refractivity contribution in [1.29, 1.82) is 5.26 Å². The third-order valence-electron chi connectivity index (χ3n) is 0.609. The van der Waals surface area contributed by atoms with E-state index in [4.69, 9.17) is 15.2 Å². The lowest BCUT2D eigenvalue weighted by Gasteiger charge is -2.10. The zero-order chi connectivity index (χ0) is 9.49. The first-order valence-electron chi connectivity index (χ1n) is 3.15. The van der Waals surface area contributed by atoms with E-state index in [0.717, 1.165) is 0 Å². The Morgan fingerprint density at radius 3 is 1.91 bits per heavy atom. The predicted molar refractivity (Wildman–Crippen MR) is 41.9 cm³/mol. The Kier molecular flexibility index (Phi) is 6.26. The molecule has 0 aromatic heterocycles. The minimum atomic E-state index is -1.33. The Labute approximate surface area is 66.6 Å². The molecule has 1 amide bonds. The van der Waals surface area contributed by atoms with Crippen LogP contribution in [0.2, 0.25) is 0 Å². The molecule has 0 aliphatic rings. The Balaban J connectivity index is 0.